The number of thioether (sulfide) groups is 1. The zero-order valence-electron chi connectivity index (χ0n) is 8.82. The summed E-state index contributed by atoms with van der Waals surface area (Å²) in [6, 6.07) is -1.21. The van der Waals surface area contributed by atoms with Gasteiger partial charge in [-0.3, -0.25) is 4.90 Å². The third-order valence-electron chi connectivity index (χ3n) is 2.47. The zero-order chi connectivity index (χ0) is 12.6. The van der Waals surface area contributed by atoms with E-state index in [9.17, 15) is 9.59 Å². The fourth-order valence-electron chi connectivity index (χ4n) is 1.73. The Morgan fingerprint density at radius 1 is 1.53 bits per heavy atom. The van der Waals surface area contributed by atoms with Crippen molar-refractivity contribution in [2.75, 3.05) is 6.26 Å². The molecule has 2 heterocycles. The number of carboxylic acid groups (broad SMARTS) is 2. The number of amides is 1. The highest BCUT2D eigenvalue weighted by molar-refractivity contribution is 7.98. The van der Waals surface area contributed by atoms with Gasteiger partial charge in [0.05, 0.1) is 12.2 Å². The Morgan fingerprint density at radius 2 is 2.24 bits per heavy atom. The van der Waals surface area contributed by atoms with Crippen LogP contribution in [0.15, 0.2) is 11.4 Å². The van der Waals surface area contributed by atoms with Crippen molar-refractivity contribution in [3.63, 3.8) is 0 Å². The molecule has 17 heavy (non-hydrogen) atoms. The maximum Gasteiger partial charge on any atom is 0.408 e. The second-order valence-corrected chi connectivity index (χ2v) is 4.18. The molecule has 0 fully saturated rings. The summed E-state index contributed by atoms with van der Waals surface area (Å²) < 4.78 is 0. The molecule has 0 bridgehead atoms. The maximum atomic E-state index is 11.1. The fourth-order valence-corrected chi connectivity index (χ4v) is 2.09. The van der Waals surface area contributed by atoms with E-state index in [-0.39, 0.29) is 6.54 Å². The molecule has 1 aliphatic rings. The standard InChI is InChI=1S/C9H9N3O4S/c1-17-8-10-2-4-5(11-8)3-12(9(15)16)6(4)7(13)14/h2,6H,3H2,1H3,(H,13,14)(H,15,16). The molecule has 0 saturated carbocycles. The number of fused-ring (bicyclic) bond motifs is 1. The average molecular weight is 255 g/mol. The highest BCUT2D eigenvalue weighted by atomic mass is 32.2. The largest absolute Gasteiger partial charge is 0.479 e. The van der Waals surface area contributed by atoms with Crippen LogP contribution in [0.3, 0.4) is 0 Å². The molecule has 8 heteroatoms. The minimum Gasteiger partial charge on any atom is -0.479 e. The molecule has 90 valence electrons. The molecule has 0 aliphatic carbocycles. The van der Waals surface area contributed by atoms with E-state index >= 15 is 0 Å². The minimum atomic E-state index is -1.28. The molecule has 1 aromatic heterocycles. The lowest BCUT2D eigenvalue weighted by molar-refractivity contribution is -0.142. The van der Waals surface area contributed by atoms with Gasteiger partial charge in [0.1, 0.15) is 0 Å². The van der Waals surface area contributed by atoms with Gasteiger partial charge in [0.2, 0.25) is 0 Å². The number of aromatic nitrogens is 2. The van der Waals surface area contributed by atoms with Crippen molar-refractivity contribution in [3.8, 4) is 0 Å². The van der Waals surface area contributed by atoms with Gasteiger partial charge in [-0.1, -0.05) is 11.8 Å². The highest BCUT2D eigenvalue weighted by Gasteiger charge is 2.40. The summed E-state index contributed by atoms with van der Waals surface area (Å²) in [7, 11) is 0. The Balaban J connectivity index is 2.46. The van der Waals surface area contributed by atoms with Crippen molar-refractivity contribution in [2.24, 2.45) is 0 Å². The summed E-state index contributed by atoms with van der Waals surface area (Å²) in [6.45, 7) is -0.0162. The predicted molar refractivity (Wildman–Crippen MR) is 57.8 cm³/mol. The van der Waals surface area contributed by atoms with Crippen LogP contribution in [0, 0.1) is 0 Å². The van der Waals surface area contributed by atoms with E-state index in [0.717, 1.165) is 4.90 Å². The van der Waals surface area contributed by atoms with Crippen LogP contribution in [0.2, 0.25) is 0 Å². The van der Waals surface area contributed by atoms with E-state index in [1.807, 2.05) is 0 Å². The Labute approximate surface area is 100 Å². The quantitative estimate of drug-likeness (QED) is 0.595. The summed E-state index contributed by atoms with van der Waals surface area (Å²) in [6.07, 6.45) is 1.90. The second-order valence-electron chi connectivity index (χ2n) is 3.41. The zero-order valence-corrected chi connectivity index (χ0v) is 9.64. The molecule has 1 amide bonds. The molecule has 2 rings (SSSR count). The summed E-state index contributed by atoms with van der Waals surface area (Å²) in [5.74, 6) is -1.22. The Kier molecular flexibility index (Phi) is 2.88. The van der Waals surface area contributed by atoms with Gasteiger partial charge in [-0.25, -0.2) is 19.6 Å². The van der Waals surface area contributed by atoms with E-state index < -0.39 is 18.1 Å². The first-order valence-electron chi connectivity index (χ1n) is 4.66. The molecular formula is C9H9N3O4S. The Bertz CT molecular complexity index is 493. The number of carboxylic acids is 1. The minimum absolute atomic E-state index is 0.0162. The molecule has 1 aliphatic heterocycles. The number of hydrogen-bond donors (Lipinski definition) is 2. The summed E-state index contributed by atoms with van der Waals surface area (Å²) in [5, 5.41) is 18.5. The van der Waals surface area contributed by atoms with Crippen LogP contribution in [-0.2, 0) is 11.3 Å². The van der Waals surface area contributed by atoms with Gasteiger partial charge in [-0.05, 0) is 6.26 Å². The fraction of sp³-hybridized carbons (Fsp3) is 0.333. The normalized spacial score (nSPS) is 17.9. The number of rotatable bonds is 2. The molecule has 1 atom stereocenters. The first-order valence-corrected chi connectivity index (χ1v) is 5.89. The monoisotopic (exact) mass is 255 g/mol. The van der Waals surface area contributed by atoms with E-state index in [1.165, 1.54) is 18.0 Å². The molecule has 7 nitrogen and oxygen atoms in total. The van der Waals surface area contributed by atoms with Crippen LogP contribution < -0.4 is 0 Å². The SMILES string of the molecule is CSc1ncc2c(n1)CN(C(=O)O)C2C(=O)O. The molecule has 1 aromatic rings. The van der Waals surface area contributed by atoms with Gasteiger partial charge in [0.15, 0.2) is 11.2 Å². The number of nitrogens with zero attached hydrogens (tertiary/aromatic N) is 3. The molecular weight excluding hydrogens is 246 g/mol. The topological polar surface area (TPSA) is 104 Å². The second kappa shape index (κ2) is 4.21. The van der Waals surface area contributed by atoms with Gasteiger partial charge >= 0.3 is 12.1 Å². The first-order chi connectivity index (χ1) is 8.04. The predicted octanol–water partition coefficient (Wildman–Crippen LogP) is 0.818. The van der Waals surface area contributed by atoms with Crippen molar-refractivity contribution < 1.29 is 19.8 Å². The smallest absolute Gasteiger partial charge is 0.408 e. The third kappa shape index (κ3) is 1.91. The summed E-state index contributed by atoms with van der Waals surface area (Å²) in [5.41, 5.74) is 0.803. The lowest BCUT2D eigenvalue weighted by atomic mass is 10.1. The molecule has 0 aromatic carbocycles. The molecule has 0 radical (unpaired) electrons. The first kappa shape index (κ1) is 11.6. The van der Waals surface area contributed by atoms with Crippen LogP contribution in [0.1, 0.15) is 17.3 Å². The molecule has 2 N–H and O–H groups in total. The van der Waals surface area contributed by atoms with Crippen molar-refractivity contribution in [1.82, 2.24) is 14.9 Å². The van der Waals surface area contributed by atoms with Crippen LogP contribution in [0.5, 0.6) is 0 Å². The van der Waals surface area contributed by atoms with E-state index in [0.29, 0.717) is 16.4 Å². The maximum absolute atomic E-state index is 11.1. The number of carbonyl (C=O) groups is 2. The number of aliphatic carboxylic acids is 1. The molecule has 0 saturated heterocycles. The van der Waals surface area contributed by atoms with E-state index in [1.54, 1.807) is 6.26 Å². The summed E-state index contributed by atoms with van der Waals surface area (Å²) in [4.78, 5) is 30.9. The summed E-state index contributed by atoms with van der Waals surface area (Å²) >= 11 is 1.32. The third-order valence-corrected chi connectivity index (χ3v) is 3.03. The Hall–Kier alpha value is -1.83. The van der Waals surface area contributed by atoms with Gasteiger partial charge in [-0.2, -0.15) is 0 Å². The molecule has 1 unspecified atom stereocenters. The Morgan fingerprint density at radius 3 is 2.76 bits per heavy atom. The highest BCUT2D eigenvalue weighted by Crippen LogP contribution is 2.32. The lowest BCUT2D eigenvalue weighted by Gasteiger charge is -2.17. The molecule has 0 spiro atoms. The van der Waals surface area contributed by atoms with E-state index in [4.69, 9.17) is 10.2 Å². The van der Waals surface area contributed by atoms with Crippen molar-refractivity contribution in [1.29, 1.82) is 0 Å². The van der Waals surface area contributed by atoms with Crippen molar-refractivity contribution in [2.45, 2.75) is 17.7 Å². The number of hydrogen-bond acceptors (Lipinski definition) is 5. The average Bonchev–Trinajstić information content (AvgIpc) is 2.66. The van der Waals surface area contributed by atoms with Gasteiger partial charge in [0.25, 0.3) is 0 Å². The van der Waals surface area contributed by atoms with Crippen LogP contribution in [0.25, 0.3) is 0 Å². The van der Waals surface area contributed by atoms with Crippen molar-refractivity contribution in [3.05, 3.63) is 17.5 Å². The van der Waals surface area contributed by atoms with Crippen LogP contribution in [0.4, 0.5) is 4.79 Å². The van der Waals surface area contributed by atoms with Gasteiger partial charge in [0, 0.05) is 11.8 Å². The lowest BCUT2D eigenvalue weighted by Crippen LogP contribution is -2.32. The van der Waals surface area contributed by atoms with Crippen LogP contribution >= 0.6 is 11.8 Å². The van der Waals surface area contributed by atoms with E-state index in [2.05, 4.69) is 9.97 Å². The van der Waals surface area contributed by atoms with Crippen LogP contribution in [-0.4, -0.2) is 43.4 Å². The van der Waals surface area contributed by atoms with Crippen molar-refractivity contribution >= 4 is 23.8 Å². The van der Waals surface area contributed by atoms with Gasteiger partial charge in [-0.15, -0.1) is 0 Å². The van der Waals surface area contributed by atoms with Gasteiger partial charge < -0.3 is 10.2 Å².